The first-order valence-electron chi connectivity index (χ1n) is 9.54. The number of nitrogens with one attached hydrogen (secondary N) is 3. The molecule has 0 unspecified atom stereocenters. The molecule has 2 heterocycles. The minimum Gasteiger partial charge on any atom is -0.361 e. The zero-order valence-corrected chi connectivity index (χ0v) is 16.3. The van der Waals surface area contributed by atoms with Gasteiger partial charge in [0.2, 0.25) is 5.91 Å². The van der Waals surface area contributed by atoms with Crippen LogP contribution < -0.4 is 10.9 Å². The third-order valence-electron chi connectivity index (χ3n) is 4.86. The highest BCUT2D eigenvalue weighted by Gasteiger charge is 2.18. The van der Waals surface area contributed by atoms with E-state index in [2.05, 4.69) is 20.9 Å². The summed E-state index contributed by atoms with van der Waals surface area (Å²) >= 11 is 0. The van der Waals surface area contributed by atoms with Crippen molar-refractivity contribution >= 4 is 22.7 Å². The average molecular weight is 405 g/mol. The van der Waals surface area contributed by atoms with Crippen LogP contribution in [0.3, 0.4) is 0 Å². The third-order valence-corrected chi connectivity index (χ3v) is 4.86. The van der Waals surface area contributed by atoms with Crippen molar-refractivity contribution in [3.63, 3.8) is 0 Å². The predicted octanol–water partition coefficient (Wildman–Crippen LogP) is 3.06. The molecule has 30 heavy (non-hydrogen) atoms. The molecule has 0 fully saturated rings. The van der Waals surface area contributed by atoms with Crippen molar-refractivity contribution in [1.29, 1.82) is 0 Å². The van der Waals surface area contributed by atoms with Gasteiger partial charge in [-0.25, -0.2) is 9.07 Å². The van der Waals surface area contributed by atoms with E-state index in [1.54, 1.807) is 23.0 Å². The van der Waals surface area contributed by atoms with Gasteiger partial charge in [0.05, 0.1) is 29.6 Å². The Hall–Kier alpha value is -3.94. The minimum absolute atomic E-state index is 0.125. The molecular weight excluding hydrogens is 385 g/mol. The average Bonchev–Trinajstić information content (AvgIpc) is 3.37. The highest BCUT2D eigenvalue weighted by atomic mass is 19.1. The standard InChI is InChI=1S/C22H20FN5O2/c1-2-20-18(13-25-28(20)16-9-7-15(23)8-10-16)22(30)27-26-21(29)11-14-12-24-19-6-4-3-5-17(14)19/h3-10,12-13,24H,2,11H2,1H3,(H,26,29)(H,27,30). The Kier molecular flexibility index (Phi) is 5.30. The Balaban J connectivity index is 1.44. The van der Waals surface area contributed by atoms with Crippen molar-refractivity contribution in [2.45, 2.75) is 19.8 Å². The molecule has 0 aliphatic rings. The number of H-pyrrole nitrogens is 1. The molecule has 0 bridgehead atoms. The molecule has 2 aromatic heterocycles. The first-order valence-corrected chi connectivity index (χ1v) is 9.54. The van der Waals surface area contributed by atoms with E-state index in [4.69, 9.17) is 0 Å². The van der Waals surface area contributed by atoms with Crippen LogP contribution in [0, 0.1) is 5.82 Å². The monoisotopic (exact) mass is 405 g/mol. The number of rotatable bonds is 5. The number of nitrogens with zero attached hydrogens (tertiary/aromatic N) is 2. The van der Waals surface area contributed by atoms with Crippen LogP contribution in [0.25, 0.3) is 16.6 Å². The smallest absolute Gasteiger partial charge is 0.273 e. The molecule has 0 spiro atoms. The number of carbonyl (C=O) groups is 2. The van der Waals surface area contributed by atoms with E-state index in [9.17, 15) is 14.0 Å². The fourth-order valence-corrected chi connectivity index (χ4v) is 3.40. The van der Waals surface area contributed by atoms with Crippen molar-refractivity contribution in [3.8, 4) is 5.69 Å². The number of hydrogen-bond donors (Lipinski definition) is 3. The van der Waals surface area contributed by atoms with Crippen molar-refractivity contribution < 1.29 is 14.0 Å². The number of fused-ring (bicyclic) bond motifs is 1. The van der Waals surface area contributed by atoms with Gasteiger partial charge in [0.15, 0.2) is 0 Å². The summed E-state index contributed by atoms with van der Waals surface area (Å²) in [4.78, 5) is 28.0. The number of hydrogen-bond acceptors (Lipinski definition) is 3. The van der Waals surface area contributed by atoms with Crippen molar-refractivity contribution in [1.82, 2.24) is 25.6 Å². The number of benzene rings is 2. The largest absolute Gasteiger partial charge is 0.361 e. The minimum atomic E-state index is -0.465. The second kappa shape index (κ2) is 8.20. The summed E-state index contributed by atoms with van der Waals surface area (Å²) < 4.78 is 14.8. The molecule has 0 aliphatic heterocycles. The van der Waals surface area contributed by atoms with E-state index in [-0.39, 0.29) is 18.1 Å². The summed E-state index contributed by atoms with van der Waals surface area (Å²) in [5, 5.41) is 5.21. The number of amides is 2. The van der Waals surface area contributed by atoms with E-state index < -0.39 is 5.91 Å². The van der Waals surface area contributed by atoms with Crippen LogP contribution >= 0.6 is 0 Å². The van der Waals surface area contributed by atoms with Gasteiger partial charge in [-0.3, -0.25) is 20.4 Å². The molecule has 8 heteroatoms. The van der Waals surface area contributed by atoms with E-state index >= 15 is 0 Å². The third kappa shape index (κ3) is 3.80. The molecule has 7 nitrogen and oxygen atoms in total. The molecule has 0 atom stereocenters. The van der Waals surface area contributed by atoms with Crippen LogP contribution in [0.2, 0.25) is 0 Å². The zero-order valence-electron chi connectivity index (χ0n) is 16.3. The SMILES string of the molecule is CCc1c(C(=O)NNC(=O)Cc2c[nH]c3ccccc23)cnn1-c1ccc(F)cc1. The summed E-state index contributed by atoms with van der Waals surface area (Å²) in [7, 11) is 0. The van der Waals surface area contributed by atoms with Crippen molar-refractivity contribution in [2.75, 3.05) is 0 Å². The summed E-state index contributed by atoms with van der Waals surface area (Å²) in [6, 6.07) is 13.5. The lowest BCUT2D eigenvalue weighted by atomic mass is 10.1. The van der Waals surface area contributed by atoms with Crippen LogP contribution in [0.4, 0.5) is 4.39 Å². The highest BCUT2D eigenvalue weighted by molar-refractivity contribution is 5.97. The highest BCUT2D eigenvalue weighted by Crippen LogP contribution is 2.18. The number of carbonyl (C=O) groups excluding carboxylic acids is 2. The van der Waals surface area contributed by atoms with Gasteiger partial charge in [-0.15, -0.1) is 0 Å². The van der Waals surface area contributed by atoms with Crippen LogP contribution in [0.5, 0.6) is 0 Å². The van der Waals surface area contributed by atoms with Crippen LogP contribution in [0.1, 0.15) is 28.5 Å². The molecule has 4 aromatic rings. The summed E-state index contributed by atoms with van der Waals surface area (Å²) in [5.41, 5.74) is 8.34. The number of hydrazine groups is 1. The molecule has 0 saturated heterocycles. The van der Waals surface area contributed by atoms with E-state index in [0.29, 0.717) is 23.4 Å². The molecule has 0 radical (unpaired) electrons. The number of para-hydroxylation sites is 1. The molecule has 0 aliphatic carbocycles. The maximum Gasteiger partial charge on any atom is 0.273 e. The normalized spacial score (nSPS) is 10.9. The Morgan fingerprint density at radius 2 is 1.87 bits per heavy atom. The van der Waals surface area contributed by atoms with Gasteiger partial charge >= 0.3 is 0 Å². The Labute approximate surface area is 171 Å². The molecule has 2 amide bonds. The van der Waals surface area contributed by atoms with Crippen molar-refractivity contribution in [2.24, 2.45) is 0 Å². The maximum atomic E-state index is 13.2. The Morgan fingerprint density at radius 3 is 2.63 bits per heavy atom. The number of aromatic amines is 1. The second-order valence-electron chi connectivity index (χ2n) is 6.79. The molecule has 0 saturated carbocycles. The predicted molar refractivity (Wildman–Crippen MR) is 111 cm³/mol. The molecule has 3 N–H and O–H groups in total. The van der Waals surface area contributed by atoms with E-state index in [1.165, 1.54) is 18.3 Å². The number of aromatic nitrogens is 3. The fraction of sp³-hybridized carbons (Fsp3) is 0.136. The zero-order chi connectivity index (χ0) is 21.1. The van der Waals surface area contributed by atoms with Crippen LogP contribution in [0.15, 0.2) is 60.9 Å². The van der Waals surface area contributed by atoms with Gasteiger partial charge in [-0.2, -0.15) is 5.10 Å². The second-order valence-corrected chi connectivity index (χ2v) is 6.79. The maximum absolute atomic E-state index is 13.2. The Morgan fingerprint density at radius 1 is 1.10 bits per heavy atom. The van der Waals surface area contributed by atoms with Gasteiger partial charge in [-0.05, 0) is 42.3 Å². The lowest BCUT2D eigenvalue weighted by molar-refractivity contribution is -0.121. The van der Waals surface area contributed by atoms with E-state index in [1.807, 2.05) is 31.2 Å². The molecule has 4 rings (SSSR count). The molecule has 152 valence electrons. The van der Waals surface area contributed by atoms with Crippen LogP contribution in [-0.2, 0) is 17.6 Å². The molecule has 2 aromatic carbocycles. The summed E-state index contributed by atoms with van der Waals surface area (Å²) in [5.74, 6) is -1.15. The van der Waals surface area contributed by atoms with Gasteiger partial charge in [0, 0.05) is 17.1 Å². The lowest BCUT2D eigenvalue weighted by Crippen LogP contribution is -2.42. The first kappa shape index (κ1) is 19.4. The molecular formula is C22H20FN5O2. The van der Waals surface area contributed by atoms with Gasteiger partial charge in [-0.1, -0.05) is 25.1 Å². The van der Waals surface area contributed by atoms with E-state index in [0.717, 1.165) is 16.5 Å². The van der Waals surface area contributed by atoms with Gasteiger partial charge < -0.3 is 4.98 Å². The summed E-state index contributed by atoms with van der Waals surface area (Å²) in [6.45, 7) is 1.89. The fourth-order valence-electron chi connectivity index (χ4n) is 3.40. The van der Waals surface area contributed by atoms with Crippen molar-refractivity contribution in [3.05, 3.63) is 83.6 Å². The topological polar surface area (TPSA) is 91.8 Å². The lowest BCUT2D eigenvalue weighted by Gasteiger charge is -2.09. The quantitative estimate of drug-likeness (QED) is 0.446. The summed E-state index contributed by atoms with van der Waals surface area (Å²) in [6.07, 6.45) is 3.88. The van der Waals surface area contributed by atoms with Crippen LogP contribution in [-0.4, -0.2) is 26.6 Å². The Bertz CT molecular complexity index is 1210. The number of halogens is 1. The van der Waals surface area contributed by atoms with Gasteiger partial charge in [0.1, 0.15) is 5.82 Å². The van der Waals surface area contributed by atoms with Gasteiger partial charge in [0.25, 0.3) is 5.91 Å². The first-order chi connectivity index (χ1) is 14.6.